The highest BCUT2D eigenvalue weighted by Gasteiger charge is 2.21. The number of ether oxygens (including phenoxy) is 2. The van der Waals surface area contributed by atoms with E-state index in [-0.39, 0.29) is 0 Å². The number of methoxy groups -OCH3 is 1. The van der Waals surface area contributed by atoms with Gasteiger partial charge in [-0.3, -0.25) is 0 Å². The Morgan fingerprint density at radius 1 is 1.33 bits per heavy atom. The van der Waals surface area contributed by atoms with Gasteiger partial charge in [-0.1, -0.05) is 24.3 Å². The van der Waals surface area contributed by atoms with E-state index in [4.69, 9.17) is 9.47 Å². The second kappa shape index (κ2) is 6.99. The highest BCUT2D eigenvalue weighted by atomic mass is 16.6. The van der Waals surface area contributed by atoms with Crippen molar-refractivity contribution >= 4 is 6.08 Å². The molecule has 18 heavy (non-hydrogen) atoms. The monoisotopic (exact) mass is 248 g/mol. The van der Waals surface area contributed by atoms with E-state index in [0.29, 0.717) is 13.0 Å². The van der Waals surface area contributed by atoms with E-state index in [1.165, 1.54) is 0 Å². The van der Waals surface area contributed by atoms with Gasteiger partial charge in [0.15, 0.2) is 5.79 Å². The third kappa shape index (κ3) is 4.35. The summed E-state index contributed by atoms with van der Waals surface area (Å²) in [6.45, 7) is 5.90. The van der Waals surface area contributed by atoms with E-state index in [2.05, 4.69) is 6.58 Å². The molecule has 0 bridgehead atoms. The Balaban J connectivity index is 2.78. The highest BCUT2D eigenvalue weighted by molar-refractivity contribution is 5.51. The van der Waals surface area contributed by atoms with Crippen molar-refractivity contribution in [1.29, 1.82) is 0 Å². The van der Waals surface area contributed by atoms with Gasteiger partial charge >= 0.3 is 0 Å². The molecule has 0 aromatic heterocycles. The maximum atomic E-state index is 10.2. The molecule has 0 radical (unpaired) electrons. The molecule has 0 aliphatic carbocycles. The Morgan fingerprint density at radius 3 is 2.50 bits per heavy atom. The topological polar surface area (TPSA) is 38.7 Å². The van der Waals surface area contributed by atoms with Gasteiger partial charge in [-0.05, 0) is 30.7 Å². The minimum Gasteiger partial charge on any atom is -0.497 e. The third-order valence-electron chi connectivity index (χ3n) is 2.48. The van der Waals surface area contributed by atoms with Gasteiger partial charge in [0.25, 0.3) is 0 Å². The quantitative estimate of drug-likeness (QED) is 0.595. The van der Waals surface area contributed by atoms with Crippen LogP contribution >= 0.6 is 0 Å². The Bertz CT molecular complexity index is 395. The largest absolute Gasteiger partial charge is 0.497 e. The van der Waals surface area contributed by atoms with Crippen LogP contribution in [0.5, 0.6) is 5.75 Å². The molecule has 0 spiro atoms. The zero-order valence-corrected chi connectivity index (χ0v) is 10.9. The average molecular weight is 248 g/mol. The van der Waals surface area contributed by atoms with Crippen LogP contribution in [0.1, 0.15) is 18.9 Å². The fourth-order valence-corrected chi connectivity index (χ4v) is 1.57. The van der Waals surface area contributed by atoms with Crippen LogP contribution in [0.25, 0.3) is 6.08 Å². The smallest absolute Gasteiger partial charge is 0.189 e. The van der Waals surface area contributed by atoms with Crippen LogP contribution in [-0.2, 0) is 4.74 Å². The molecule has 1 rings (SSSR count). The summed E-state index contributed by atoms with van der Waals surface area (Å²) in [7, 11) is 1.63. The molecule has 1 unspecified atom stereocenters. The molecular weight excluding hydrogens is 228 g/mol. The number of hydrogen-bond acceptors (Lipinski definition) is 3. The van der Waals surface area contributed by atoms with E-state index < -0.39 is 5.79 Å². The summed E-state index contributed by atoms with van der Waals surface area (Å²) in [4.78, 5) is 0. The summed E-state index contributed by atoms with van der Waals surface area (Å²) in [5.41, 5.74) is 0.970. The van der Waals surface area contributed by atoms with Crippen LogP contribution in [0.3, 0.4) is 0 Å². The maximum absolute atomic E-state index is 10.2. The summed E-state index contributed by atoms with van der Waals surface area (Å²) in [6.07, 6.45) is 5.44. The molecule has 1 aromatic rings. The van der Waals surface area contributed by atoms with Crippen molar-refractivity contribution < 1.29 is 14.6 Å². The fraction of sp³-hybridized carbons (Fsp3) is 0.333. The summed E-state index contributed by atoms with van der Waals surface area (Å²) < 4.78 is 10.4. The summed E-state index contributed by atoms with van der Waals surface area (Å²) in [5.74, 6) is -0.477. The van der Waals surface area contributed by atoms with Crippen LogP contribution in [-0.4, -0.2) is 24.6 Å². The first-order valence-electron chi connectivity index (χ1n) is 5.94. The summed E-state index contributed by atoms with van der Waals surface area (Å²) >= 11 is 0. The van der Waals surface area contributed by atoms with Crippen LogP contribution in [0.15, 0.2) is 43.0 Å². The normalized spacial score (nSPS) is 14.4. The van der Waals surface area contributed by atoms with Gasteiger partial charge in [-0.2, -0.15) is 0 Å². The lowest BCUT2D eigenvalue weighted by atomic mass is 10.1. The van der Waals surface area contributed by atoms with Crippen molar-refractivity contribution in [3.05, 3.63) is 48.6 Å². The Labute approximate surface area is 108 Å². The molecule has 1 atom stereocenters. The fourth-order valence-electron chi connectivity index (χ4n) is 1.57. The van der Waals surface area contributed by atoms with Gasteiger partial charge in [0.2, 0.25) is 0 Å². The van der Waals surface area contributed by atoms with Crippen molar-refractivity contribution in [2.45, 2.75) is 19.1 Å². The molecular formula is C15H20O3. The Kier molecular flexibility index (Phi) is 5.62. The predicted molar refractivity (Wildman–Crippen MR) is 73.4 cm³/mol. The molecule has 0 saturated heterocycles. The van der Waals surface area contributed by atoms with Gasteiger partial charge in [0.05, 0.1) is 7.11 Å². The molecule has 0 saturated carbocycles. The third-order valence-corrected chi connectivity index (χ3v) is 2.48. The lowest BCUT2D eigenvalue weighted by Crippen LogP contribution is -2.28. The standard InChI is InChI=1S/C15H20O3/c1-4-11-15(16,18-5-2)12-10-13-6-8-14(17-3)9-7-13/h4,6-10,12,16H,1,5,11H2,2-3H3/b12-10+. The first kappa shape index (κ1) is 14.5. The number of benzene rings is 1. The van der Waals surface area contributed by atoms with E-state index in [0.717, 1.165) is 11.3 Å². The highest BCUT2D eigenvalue weighted by Crippen LogP contribution is 2.18. The molecule has 1 aromatic carbocycles. The van der Waals surface area contributed by atoms with Gasteiger partial charge in [0.1, 0.15) is 5.75 Å². The summed E-state index contributed by atoms with van der Waals surface area (Å²) in [6, 6.07) is 7.56. The molecule has 0 aliphatic heterocycles. The van der Waals surface area contributed by atoms with E-state index in [1.54, 1.807) is 19.3 Å². The van der Waals surface area contributed by atoms with Crippen molar-refractivity contribution in [1.82, 2.24) is 0 Å². The minimum atomic E-state index is -1.28. The SMILES string of the molecule is C=CCC(O)(/C=C/c1ccc(OC)cc1)OCC. The first-order valence-corrected chi connectivity index (χ1v) is 5.94. The van der Waals surface area contributed by atoms with Crippen LogP contribution in [0.4, 0.5) is 0 Å². The second-order valence-electron chi connectivity index (χ2n) is 3.88. The summed E-state index contributed by atoms with van der Waals surface area (Å²) in [5, 5.41) is 10.2. The first-order chi connectivity index (χ1) is 8.63. The number of aliphatic hydroxyl groups is 1. The second-order valence-corrected chi connectivity index (χ2v) is 3.88. The van der Waals surface area contributed by atoms with E-state index in [1.807, 2.05) is 37.3 Å². The molecule has 0 amide bonds. The molecule has 1 N–H and O–H groups in total. The average Bonchev–Trinajstić information content (AvgIpc) is 2.38. The predicted octanol–water partition coefficient (Wildman–Crippen LogP) is 3.01. The lowest BCUT2D eigenvalue weighted by Gasteiger charge is -2.22. The molecule has 98 valence electrons. The van der Waals surface area contributed by atoms with Crippen LogP contribution in [0.2, 0.25) is 0 Å². The van der Waals surface area contributed by atoms with Gasteiger partial charge < -0.3 is 14.6 Å². The van der Waals surface area contributed by atoms with Crippen molar-refractivity contribution in [2.24, 2.45) is 0 Å². The molecule has 0 fully saturated rings. The number of hydrogen-bond donors (Lipinski definition) is 1. The zero-order chi connectivity index (χ0) is 13.4. The van der Waals surface area contributed by atoms with E-state index in [9.17, 15) is 5.11 Å². The number of rotatable bonds is 7. The van der Waals surface area contributed by atoms with E-state index >= 15 is 0 Å². The van der Waals surface area contributed by atoms with Crippen molar-refractivity contribution in [2.75, 3.05) is 13.7 Å². The molecule has 3 heteroatoms. The lowest BCUT2D eigenvalue weighted by molar-refractivity contribution is -0.159. The van der Waals surface area contributed by atoms with Gasteiger partial charge in [-0.15, -0.1) is 6.58 Å². The van der Waals surface area contributed by atoms with Crippen molar-refractivity contribution in [3.63, 3.8) is 0 Å². The molecule has 0 heterocycles. The zero-order valence-electron chi connectivity index (χ0n) is 10.9. The maximum Gasteiger partial charge on any atom is 0.189 e. The van der Waals surface area contributed by atoms with Gasteiger partial charge in [-0.25, -0.2) is 0 Å². The minimum absolute atomic E-state index is 0.355. The van der Waals surface area contributed by atoms with Crippen LogP contribution in [0, 0.1) is 0 Å². The Morgan fingerprint density at radius 2 is 2.00 bits per heavy atom. The van der Waals surface area contributed by atoms with Crippen molar-refractivity contribution in [3.8, 4) is 5.75 Å². The van der Waals surface area contributed by atoms with Crippen LogP contribution < -0.4 is 4.74 Å². The molecule has 0 aliphatic rings. The van der Waals surface area contributed by atoms with Gasteiger partial charge in [0, 0.05) is 13.0 Å². The Hall–Kier alpha value is -1.58. The molecule has 3 nitrogen and oxygen atoms in total.